The Morgan fingerprint density at radius 1 is 1.33 bits per heavy atom. The molecule has 0 aromatic heterocycles. The molecule has 0 amide bonds. The van der Waals surface area contributed by atoms with Crippen molar-refractivity contribution in [3.8, 4) is 0 Å². The van der Waals surface area contributed by atoms with Crippen LogP contribution in [0.25, 0.3) is 0 Å². The second-order valence-electron chi connectivity index (χ2n) is 2.86. The summed E-state index contributed by atoms with van der Waals surface area (Å²) >= 11 is 0. The molecule has 54 valence electrons. The van der Waals surface area contributed by atoms with Crippen LogP contribution < -0.4 is 5.73 Å². The van der Waals surface area contributed by atoms with Crippen molar-refractivity contribution in [2.45, 2.75) is 31.7 Å². The highest BCUT2D eigenvalue weighted by Crippen LogP contribution is 2.22. The Morgan fingerprint density at radius 2 is 2.00 bits per heavy atom. The third-order valence-electron chi connectivity index (χ3n) is 2.17. The van der Waals surface area contributed by atoms with Crippen molar-refractivity contribution in [1.29, 1.82) is 0 Å². The molecule has 0 aromatic carbocycles. The number of rotatable bonds is 1. The first-order valence-corrected chi connectivity index (χ1v) is 3.66. The van der Waals surface area contributed by atoms with Gasteiger partial charge in [0.25, 0.3) is 0 Å². The number of hydrogen-bond donors (Lipinski definition) is 1. The van der Waals surface area contributed by atoms with Gasteiger partial charge in [-0.1, -0.05) is 12.8 Å². The summed E-state index contributed by atoms with van der Waals surface area (Å²) in [4.78, 5) is 0. The molecule has 0 spiro atoms. The first kappa shape index (κ1) is 7.00. The molecule has 1 saturated carbocycles. The van der Waals surface area contributed by atoms with E-state index in [9.17, 15) is 4.39 Å². The summed E-state index contributed by atoms with van der Waals surface area (Å²) < 4.78 is 12.0. The van der Waals surface area contributed by atoms with Crippen LogP contribution in [0.5, 0.6) is 0 Å². The van der Waals surface area contributed by atoms with Gasteiger partial charge in [0.1, 0.15) is 0 Å². The summed E-state index contributed by atoms with van der Waals surface area (Å²) in [6, 6.07) is 0.142. The lowest BCUT2D eigenvalue weighted by Gasteiger charge is -2.25. The maximum atomic E-state index is 12.0. The molecule has 1 fully saturated rings. The SMILES string of the molecule is N[C@@H]1CCCC[C@@H]1CF. The molecule has 0 aromatic rings. The molecule has 1 aliphatic carbocycles. The van der Waals surface area contributed by atoms with Crippen LogP contribution in [-0.2, 0) is 0 Å². The maximum Gasteiger partial charge on any atom is 0.0937 e. The normalized spacial score (nSPS) is 36.7. The molecular formula is C7H14FN. The average molecular weight is 131 g/mol. The topological polar surface area (TPSA) is 26.0 Å². The van der Waals surface area contributed by atoms with Crippen molar-refractivity contribution in [3.05, 3.63) is 0 Å². The zero-order chi connectivity index (χ0) is 6.69. The molecule has 0 heterocycles. The number of nitrogens with two attached hydrogens (primary N) is 1. The van der Waals surface area contributed by atoms with Crippen LogP contribution in [0.4, 0.5) is 4.39 Å². The van der Waals surface area contributed by atoms with Crippen LogP contribution in [0, 0.1) is 5.92 Å². The Kier molecular flexibility index (Phi) is 2.46. The van der Waals surface area contributed by atoms with E-state index in [1.807, 2.05) is 0 Å². The number of hydrogen-bond acceptors (Lipinski definition) is 1. The quantitative estimate of drug-likeness (QED) is 0.573. The molecule has 0 aliphatic heterocycles. The van der Waals surface area contributed by atoms with Gasteiger partial charge in [-0.15, -0.1) is 0 Å². The summed E-state index contributed by atoms with van der Waals surface area (Å²) in [6.45, 7) is -0.221. The highest BCUT2D eigenvalue weighted by Gasteiger charge is 2.20. The van der Waals surface area contributed by atoms with Crippen LogP contribution in [0.15, 0.2) is 0 Å². The van der Waals surface area contributed by atoms with Crippen molar-refractivity contribution in [2.24, 2.45) is 11.7 Å². The van der Waals surface area contributed by atoms with Gasteiger partial charge in [-0.05, 0) is 12.8 Å². The smallest absolute Gasteiger partial charge is 0.0937 e. The minimum absolute atomic E-state index is 0.142. The van der Waals surface area contributed by atoms with E-state index in [0.29, 0.717) is 0 Å². The van der Waals surface area contributed by atoms with Crippen molar-refractivity contribution in [2.75, 3.05) is 6.67 Å². The predicted molar refractivity (Wildman–Crippen MR) is 35.9 cm³/mol. The summed E-state index contributed by atoms with van der Waals surface area (Å²) in [5.41, 5.74) is 5.65. The van der Waals surface area contributed by atoms with Gasteiger partial charge in [-0.2, -0.15) is 0 Å². The zero-order valence-corrected chi connectivity index (χ0v) is 5.65. The van der Waals surface area contributed by atoms with E-state index in [0.717, 1.165) is 12.8 Å². The molecule has 0 bridgehead atoms. The molecule has 2 atom stereocenters. The van der Waals surface area contributed by atoms with Crippen LogP contribution >= 0.6 is 0 Å². The minimum Gasteiger partial charge on any atom is -0.327 e. The predicted octanol–water partition coefficient (Wildman–Crippen LogP) is 1.47. The summed E-state index contributed by atoms with van der Waals surface area (Å²) in [7, 11) is 0. The van der Waals surface area contributed by atoms with Gasteiger partial charge in [0.05, 0.1) is 6.67 Å². The van der Waals surface area contributed by atoms with Gasteiger partial charge in [0.2, 0.25) is 0 Å². The third kappa shape index (κ3) is 1.65. The number of halogens is 1. The monoisotopic (exact) mass is 131 g/mol. The molecule has 1 rings (SSSR count). The van der Waals surface area contributed by atoms with Crippen molar-refractivity contribution >= 4 is 0 Å². The van der Waals surface area contributed by atoms with Gasteiger partial charge >= 0.3 is 0 Å². The van der Waals surface area contributed by atoms with E-state index in [-0.39, 0.29) is 18.6 Å². The Hall–Kier alpha value is -0.110. The largest absolute Gasteiger partial charge is 0.327 e. The molecule has 2 heteroatoms. The van der Waals surface area contributed by atoms with Crippen molar-refractivity contribution in [3.63, 3.8) is 0 Å². The maximum absolute atomic E-state index is 12.0. The second-order valence-corrected chi connectivity index (χ2v) is 2.86. The van der Waals surface area contributed by atoms with Gasteiger partial charge in [0.15, 0.2) is 0 Å². The van der Waals surface area contributed by atoms with Crippen LogP contribution in [0.2, 0.25) is 0 Å². The third-order valence-corrected chi connectivity index (χ3v) is 2.17. The zero-order valence-electron chi connectivity index (χ0n) is 5.65. The molecule has 2 N–H and O–H groups in total. The average Bonchev–Trinajstić information content (AvgIpc) is 1.89. The van der Waals surface area contributed by atoms with Crippen LogP contribution in [-0.4, -0.2) is 12.7 Å². The lowest BCUT2D eigenvalue weighted by atomic mass is 9.86. The molecule has 0 unspecified atom stereocenters. The highest BCUT2D eigenvalue weighted by molar-refractivity contribution is 4.76. The van der Waals surface area contributed by atoms with E-state index in [2.05, 4.69) is 0 Å². The fraction of sp³-hybridized carbons (Fsp3) is 1.00. The lowest BCUT2D eigenvalue weighted by Crippen LogP contribution is -2.34. The Balaban J connectivity index is 2.30. The molecule has 9 heavy (non-hydrogen) atoms. The van der Waals surface area contributed by atoms with Crippen LogP contribution in [0.1, 0.15) is 25.7 Å². The van der Waals surface area contributed by atoms with Crippen molar-refractivity contribution < 1.29 is 4.39 Å². The van der Waals surface area contributed by atoms with Crippen LogP contribution in [0.3, 0.4) is 0 Å². The summed E-state index contributed by atoms with van der Waals surface area (Å²) in [5, 5.41) is 0. The van der Waals surface area contributed by atoms with E-state index < -0.39 is 0 Å². The lowest BCUT2D eigenvalue weighted by molar-refractivity contribution is 0.247. The first-order chi connectivity index (χ1) is 4.34. The van der Waals surface area contributed by atoms with E-state index in [1.54, 1.807) is 0 Å². The molecule has 0 saturated heterocycles. The van der Waals surface area contributed by atoms with Gasteiger partial charge in [-0.3, -0.25) is 4.39 Å². The Morgan fingerprint density at radius 3 is 2.44 bits per heavy atom. The molecule has 1 nitrogen and oxygen atoms in total. The first-order valence-electron chi connectivity index (χ1n) is 3.66. The molecular weight excluding hydrogens is 117 g/mol. The fourth-order valence-corrected chi connectivity index (χ4v) is 1.43. The summed E-state index contributed by atoms with van der Waals surface area (Å²) in [6.07, 6.45) is 4.38. The fourth-order valence-electron chi connectivity index (χ4n) is 1.43. The Labute approximate surface area is 55.4 Å². The van der Waals surface area contributed by atoms with Gasteiger partial charge in [0, 0.05) is 12.0 Å². The summed E-state index contributed by atoms with van der Waals surface area (Å²) in [5.74, 6) is 0.166. The van der Waals surface area contributed by atoms with Crippen molar-refractivity contribution in [1.82, 2.24) is 0 Å². The van der Waals surface area contributed by atoms with E-state index in [4.69, 9.17) is 5.73 Å². The van der Waals surface area contributed by atoms with Gasteiger partial charge < -0.3 is 5.73 Å². The standard InChI is InChI=1S/C7H14FN/c8-5-6-3-1-2-4-7(6)9/h6-7H,1-5,9H2/t6-,7-/m1/s1. The molecule has 0 radical (unpaired) electrons. The second kappa shape index (κ2) is 3.16. The van der Waals surface area contributed by atoms with E-state index in [1.165, 1.54) is 12.8 Å². The highest BCUT2D eigenvalue weighted by atomic mass is 19.1. The molecule has 1 aliphatic rings. The minimum atomic E-state index is -0.221. The van der Waals surface area contributed by atoms with Gasteiger partial charge in [-0.25, -0.2) is 0 Å². The van der Waals surface area contributed by atoms with E-state index >= 15 is 0 Å². The Bertz CT molecular complexity index is 85.0. The number of alkyl halides is 1.